The van der Waals surface area contributed by atoms with Crippen LogP contribution in [-0.4, -0.2) is 20.2 Å². The van der Waals surface area contributed by atoms with E-state index in [4.69, 9.17) is 11.6 Å². The summed E-state index contributed by atoms with van der Waals surface area (Å²) in [6.45, 7) is 0. The maximum Gasteiger partial charge on any atom is 0.416 e. The van der Waals surface area contributed by atoms with E-state index < -0.39 is 11.7 Å². The minimum absolute atomic E-state index is 0.311. The lowest BCUT2D eigenvalue weighted by atomic mass is 10.2. The summed E-state index contributed by atoms with van der Waals surface area (Å²) in [6, 6.07) is 11.6. The predicted octanol–water partition coefficient (Wildman–Crippen LogP) is 5.50. The molecular weight excluding hydrogens is 391 g/mol. The molecular formula is C19H11ClF3N5. The molecule has 0 unspecified atom stereocenters. The first-order chi connectivity index (χ1) is 13.4. The molecule has 5 nitrogen and oxygen atoms in total. The van der Waals surface area contributed by atoms with Gasteiger partial charge < -0.3 is 5.32 Å². The first-order valence-corrected chi connectivity index (χ1v) is 8.47. The van der Waals surface area contributed by atoms with Crippen molar-refractivity contribution in [2.45, 2.75) is 6.18 Å². The Hall–Kier alpha value is -3.26. The SMILES string of the molecule is FC(F)(F)c1ccc(Nc2nncc3ccc(-c4ncccc4Cl)nc23)cc1. The molecule has 0 aliphatic rings. The van der Waals surface area contributed by atoms with E-state index in [1.54, 1.807) is 36.7 Å². The van der Waals surface area contributed by atoms with E-state index in [0.29, 0.717) is 38.8 Å². The molecule has 0 saturated carbocycles. The standard InChI is InChI=1S/C19H11ClF3N5/c20-14-2-1-9-24-17(14)15-8-3-11-10-25-28-18(16(11)27-15)26-13-6-4-12(5-7-13)19(21,22)23/h1-10H,(H,26,28). The molecule has 0 aliphatic heterocycles. The fourth-order valence-electron chi connectivity index (χ4n) is 2.63. The number of anilines is 2. The normalized spacial score (nSPS) is 11.6. The number of aromatic nitrogens is 4. The van der Waals surface area contributed by atoms with Crippen LogP contribution in [0.1, 0.15) is 5.56 Å². The van der Waals surface area contributed by atoms with Crippen LogP contribution >= 0.6 is 11.6 Å². The van der Waals surface area contributed by atoms with Gasteiger partial charge in [0.05, 0.1) is 22.5 Å². The summed E-state index contributed by atoms with van der Waals surface area (Å²) in [5.41, 5.74) is 1.25. The van der Waals surface area contributed by atoms with Gasteiger partial charge in [-0.3, -0.25) is 4.98 Å². The van der Waals surface area contributed by atoms with Crippen molar-refractivity contribution in [2.75, 3.05) is 5.32 Å². The van der Waals surface area contributed by atoms with Crippen LogP contribution in [0.5, 0.6) is 0 Å². The highest BCUT2D eigenvalue weighted by Gasteiger charge is 2.29. The molecule has 3 aromatic heterocycles. The molecule has 4 rings (SSSR count). The Balaban J connectivity index is 1.73. The van der Waals surface area contributed by atoms with Crippen molar-refractivity contribution in [2.24, 2.45) is 0 Å². The maximum absolute atomic E-state index is 12.7. The van der Waals surface area contributed by atoms with Crippen LogP contribution in [0.2, 0.25) is 5.02 Å². The molecule has 0 atom stereocenters. The highest BCUT2D eigenvalue weighted by atomic mass is 35.5. The van der Waals surface area contributed by atoms with Crippen molar-refractivity contribution in [3.63, 3.8) is 0 Å². The smallest absolute Gasteiger partial charge is 0.337 e. The van der Waals surface area contributed by atoms with E-state index in [1.165, 1.54) is 12.1 Å². The summed E-state index contributed by atoms with van der Waals surface area (Å²) >= 11 is 6.19. The third-order valence-corrected chi connectivity index (χ3v) is 4.29. The van der Waals surface area contributed by atoms with Gasteiger partial charge in [0.2, 0.25) is 0 Å². The Labute approximate surface area is 162 Å². The van der Waals surface area contributed by atoms with Crippen LogP contribution in [0.4, 0.5) is 24.7 Å². The second kappa shape index (κ2) is 7.05. The van der Waals surface area contributed by atoms with E-state index in [9.17, 15) is 13.2 Å². The van der Waals surface area contributed by atoms with E-state index in [1.807, 2.05) is 0 Å². The van der Waals surface area contributed by atoms with Crippen molar-refractivity contribution in [3.8, 4) is 11.4 Å². The minimum atomic E-state index is -4.39. The van der Waals surface area contributed by atoms with Gasteiger partial charge in [0.15, 0.2) is 5.82 Å². The molecule has 0 saturated heterocycles. The first kappa shape index (κ1) is 18.1. The van der Waals surface area contributed by atoms with Gasteiger partial charge in [-0.25, -0.2) is 4.98 Å². The van der Waals surface area contributed by atoms with Gasteiger partial charge in [-0.05, 0) is 48.5 Å². The zero-order valence-corrected chi connectivity index (χ0v) is 14.8. The zero-order chi connectivity index (χ0) is 19.7. The Morgan fingerprint density at radius 2 is 1.75 bits per heavy atom. The molecule has 1 N–H and O–H groups in total. The molecule has 0 aliphatic carbocycles. The van der Waals surface area contributed by atoms with Gasteiger partial charge in [0.25, 0.3) is 0 Å². The van der Waals surface area contributed by atoms with Gasteiger partial charge >= 0.3 is 6.18 Å². The van der Waals surface area contributed by atoms with Crippen molar-refractivity contribution < 1.29 is 13.2 Å². The van der Waals surface area contributed by atoms with Crippen LogP contribution in [0.15, 0.2) is 60.9 Å². The number of nitrogens with zero attached hydrogens (tertiary/aromatic N) is 4. The number of halogens is 4. The fourth-order valence-corrected chi connectivity index (χ4v) is 2.85. The maximum atomic E-state index is 12.7. The molecule has 1 aromatic carbocycles. The Kier molecular flexibility index (Phi) is 4.56. The van der Waals surface area contributed by atoms with Crippen LogP contribution in [-0.2, 0) is 6.18 Å². The quantitative estimate of drug-likeness (QED) is 0.491. The van der Waals surface area contributed by atoms with Crippen LogP contribution in [0, 0.1) is 0 Å². The third kappa shape index (κ3) is 3.59. The largest absolute Gasteiger partial charge is 0.416 e. The average molecular weight is 402 g/mol. The summed E-state index contributed by atoms with van der Waals surface area (Å²) < 4.78 is 38.2. The lowest BCUT2D eigenvalue weighted by molar-refractivity contribution is -0.137. The number of hydrogen-bond acceptors (Lipinski definition) is 5. The molecule has 0 spiro atoms. The molecule has 0 amide bonds. The van der Waals surface area contributed by atoms with Crippen molar-refractivity contribution >= 4 is 34.0 Å². The topological polar surface area (TPSA) is 63.6 Å². The molecule has 140 valence electrons. The summed E-state index contributed by atoms with van der Waals surface area (Å²) in [5.74, 6) is 0.311. The summed E-state index contributed by atoms with van der Waals surface area (Å²) in [5, 5.41) is 12.1. The van der Waals surface area contributed by atoms with Gasteiger partial charge in [-0.2, -0.15) is 18.3 Å². The first-order valence-electron chi connectivity index (χ1n) is 8.09. The van der Waals surface area contributed by atoms with Crippen LogP contribution in [0.3, 0.4) is 0 Å². The van der Waals surface area contributed by atoms with Crippen LogP contribution < -0.4 is 5.32 Å². The van der Waals surface area contributed by atoms with Gasteiger partial charge in [-0.15, -0.1) is 5.10 Å². The summed E-state index contributed by atoms with van der Waals surface area (Å²) in [7, 11) is 0. The monoisotopic (exact) mass is 401 g/mol. The Morgan fingerprint density at radius 1 is 0.964 bits per heavy atom. The number of fused-ring (bicyclic) bond motifs is 1. The van der Waals surface area contributed by atoms with Crippen molar-refractivity contribution in [1.82, 2.24) is 20.2 Å². The number of hydrogen-bond donors (Lipinski definition) is 1. The summed E-state index contributed by atoms with van der Waals surface area (Å²) in [6.07, 6.45) is -1.24. The highest BCUT2D eigenvalue weighted by molar-refractivity contribution is 6.32. The van der Waals surface area contributed by atoms with Crippen molar-refractivity contribution in [1.29, 1.82) is 0 Å². The number of rotatable bonds is 3. The number of alkyl halides is 3. The second-order valence-corrected chi connectivity index (χ2v) is 6.27. The number of benzene rings is 1. The molecule has 28 heavy (non-hydrogen) atoms. The van der Waals surface area contributed by atoms with Crippen molar-refractivity contribution in [3.05, 3.63) is 71.5 Å². The van der Waals surface area contributed by atoms with Gasteiger partial charge in [0.1, 0.15) is 11.2 Å². The highest BCUT2D eigenvalue weighted by Crippen LogP contribution is 2.31. The Morgan fingerprint density at radius 3 is 2.46 bits per heavy atom. The number of pyridine rings is 2. The molecule has 9 heteroatoms. The predicted molar refractivity (Wildman–Crippen MR) is 100 cm³/mol. The molecule has 3 heterocycles. The lowest BCUT2D eigenvalue weighted by Gasteiger charge is -2.10. The van der Waals surface area contributed by atoms with Gasteiger partial charge in [0, 0.05) is 17.3 Å². The zero-order valence-electron chi connectivity index (χ0n) is 14.1. The third-order valence-electron chi connectivity index (χ3n) is 3.98. The molecule has 0 bridgehead atoms. The van der Waals surface area contributed by atoms with Crippen LogP contribution in [0.25, 0.3) is 22.3 Å². The van der Waals surface area contributed by atoms with E-state index in [-0.39, 0.29) is 0 Å². The van der Waals surface area contributed by atoms with E-state index in [2.05, 4.69) is 25.5 Å². The Bertz CT molecular complexity index is 1150. The lowest BCUT2D eigenvalue weighted by Crippen LogP contribution is -2.05. The minimum Gasteiger partial charge on any atom is -0.337 e. The molecule has 0 fully saturated rings. The average Bonchev–Trinajstić information content (AvgIpc) is 2.68. The summed E-state index contributed by atoms with van der Waals surface area (Å²) in [4.78, 5) is 8.81. The van der Waals surface area contributed by atoms with E-state index >= 15 is 0 Å². The van der Waals surface area contributed by atoms with E-state index in [0.717, 1.165) is 12.1 Å². The molecule has 4 aromatic rings. The fraction of sp³-hybridized carbons (Fsp3) is 0.0526. The number of nitrogens with one attached hydrogen (secondary N) is 1. The van der Waals surface area contributed by atoms with Gasteiger partial charge in [-0.1, -0.05) is 11.6 Å². The second-order valence-electron chi connectivity index (χ2n) is 5.86. The molecule has 0 radical (unpaired) electrons.